The molecule has 4 nitrogen and oxygen atoms in total. The van der Waals surface area contributed by atoms with E-state index in [0.717, 1.165) is 42.4 Å². The minimum Gasteiger partial charge on any atom is -0.489 e. The van der Waals surface area contributed by atoms with Crippen molar-refractivity contribution in [2.45, 2.75) is 49.1 Å². The van der Waals surface area contributed by atoms with Crippen LogP contribution < -0.4 is 10.3 Å². The summed E-state index contributed by atoms with van der Waals surface area (Å²) < 4.78 is 7.87. The van der Waals surface area contributed by atoms with Gasteiger partial charge in [0.25, 0.3) is 5.56 Å². The van der Waals surface area contributed by atoms with Crippen LogP contribution in [0.1, 0.15) is 32.1 Å². The maximum Gasteiger partial charge on any atom is 0.258 e. The monoisotopic (exact) mass is 430 g/mol. The Morgan fingerprint density at radius 2 is 1.81 bits per heavy atom. The number of alkyl halides is 1. The first-order valence-corrected chi connectivity index (χ1v) is 10.8. The van der Waals surface area contributed by atoms with Crippen LogP contribution in [0.2, 0.25) is 0 Å². The second kappa shape index (κ2) is 8.19. The van der Waals surface area contributed by atoms with E-state index in [-0.39, 0.29) is 11.7 Å². The number of halogens is 1. The molecule has 0 radical (unpaired) electrons. The van der Waals surface area contributed by atoms with E-state index in [0.29, 0.717) is 4.83 Å². The molecule has 4 rings (SSSR count). The average molecular weight is 431 g/mol. The Kier molecular flexibility index (Phi) is 5.69. The Hall–Kier alpha value is -1.59. The molecule has 1 aliphatic carbocycles. The van der Waals surface area contributed by atoms with E-state index in [4.69, 9.17) is 4.74 Å². The molecule has 1 aromatic heterocycles. The third-order valence-electron chi connectivity index (χ3n) is 5.93. The third-order valence-corrected chi connectivity index (χ3v) is 6.81. The maximum atomic E-state index is 12.3. The number of pyridine rings is 1. The number of aryl methyl sites for hydroxylation is 1. The fourth-order valence-corrected chi connectivity index (χ4v) is 5.09. The Morgan fingerprint density at radius 3 is 2.52 bits per heavy atom. The first kappa shape index (κ1) is 18.8. The highest BCUT2D eigenvalue weighted by atomic mass is 79.9. The fourth-order valence-electron chi connectivity index (χ4n) is 4.35. The highest BCUT2D eigenvalue weighted by Gasteiger charge is 2.33. The molecule has 1 aromatic carbocycles. The van der Waals surface area contributed by atoms with E-state index in [9.17, 15) is 4.79 Å². The smallest absolute Gasteiger partial charge is 0.258 e. The van der Waals surface area contributed by atoms with Crippen molar-refractivity contribution in [1.82, 2.24) is 9.47 Å². The van der Waals surface area contributed by atoms with Crippen molar-refractivity contribution in [2.75, 3.05) is 13.1 Å². The van der Waals surface area contributed by atoms with Gasteiger partial charge < -0.3 is 9.30 Å². The summed E-state index contributed by atoms with van der Waals surface area (Å²) in [6.45, 7) is 2.18. The normalized spacial score (nSPS) is 24.2. The van der Waals surface area contributed by atoms with E-state index >= 15 is 0 Å². The van der Waals surface area contributed by atoms with Crippen LogP contribution in [0.25, 0.3) is 11.1 Å². The number of nitrogens with zero attached hydrogens (tertiary/aromatic N) is 2. The van der Waals surface area contributed by atoms with Crippen molar-refractivity contribution in [3.8, 4) is 16.9 Å². The van der Waals surface area contributed by atoms with Crippen molar-refractivity contribution >= 4 is 15.9 Å². The predicted molar refractivity (Wildman–Crippen MR) is 113 cm³/mol. The summed E-state index contributed by atoms with van der Waals surface area (Å²) in [6.07, 6.45) is 8.48. The largest absolute Gasteiger partial charge is 0.489 e. The van der Waals surface area contributed by atoms with Crippen molar-refractivity contribution in [3.05, 3.63) is 52.9 Å². The number of piperidine rings is 1. The first-order valence-electron chi connectivity index (χ1n) is 9.92. The minimum atomic E-state index is 0.0194. The number of likely N-dealkylation sites (tertiary alicyclic amines) is 1. The van der Waals surface area contributed by atoms with Crippen LogP contribution in [0.5, 0.6) is 5.75 Å². The number of rotatable bonds is 4. The summed E-state index contributed by atoms with van der Waals surface area (Å²) >= 11 is 3.86. The molecule has 2 unspecified atom stereocenters. The van der Waals surface area contributed by atoms with E-state index in [1.165, 1.54) is 25.7 Å². The molecule has 2 aliphatic rings. The molecular weight excluding hydrogens is 404 g/mol. The molecule has 0 spiro atoms. The van der Waals surface area contributed by atoms with Gasteiger partial charge in [0.05, 0.1) is 4.83 Å². The van der Waals surface area contributed by atoms with Crippen LogP contribution in [0.4, 0.5) is 0 Å². The highest BCUT2D eigenvalue weighted by Crippen LogP contribution is 2.30. The lowest BCUT2D eigenvalue weighted by atomic mass is 10.0. The first-order chi connectivity index (χ1) is 13.1. The second-order valence-corrected chi connectivity index (χ2v) is 8.93. The number of ether oxygens (including phenoxy) is 1. The van der Waals surface area contributed by atoms with E-state index < -0.39 is 0 Å². The van der Waals surface area contributed by atoms with Gasteiger partial charge in [-0.25, -0.2) is 0 Å². The van der Waals surface area contributed by atoms with Gasteiger partial charge in [-0.1, -0.05) is 40.9 Å². The maximum absolute atomic E-state index is 12.3. The van der Waals surface area contributed by atoms with E-state index in [2.05, 4.69) is 20.8 Å². The molecule has 1 aliphatic heterocycles. The summed E-state index contributed by atoms with van der Waals surface area (Å²) in [5, 5.41) is 0. The summed E-state index contributed by atoms with van der Waals surface area (Å²) in [5.74, 6) is 0.871. The SMILES string of the molecule is Cn1cccc(-c2ccc(OC3CCN(C4CCCC4)CC3Br)cc2)c1=O. The Bertz CT molecular complexity index is 827. The van der Waals surface area contributed by atoms with Gasteiger partial charge in [-0.3, -0.25) is 9.69 Å². The molecule has 0 amide bonds. The van der Waals surface area contributed by atoms with Gasteiger partial charge in [0.1, 0.15) is 11.9 Å². The molecule has 5 heteroatoms. The summed E-state index contributed by atoms with van der Waals surface area (Å²) in [7, 11) is 1.78. The van der Waals surface area contributed by atoms with Crippen LogP contribution in [0, 0.1) is 0 Å². The van der Waals surface area contributed by atoms with E-state index in [1.807, 2.05) is 36.4 Å². The quantitative estimate of drug-likeness (QED) is 0.681. The Morgan fingerprint density at radius 1 is 1.07 bits per heavy atom. The zero-order valence-electron chi connectivity index (χ0n) is 15.8. The van der Waals surface area contributed by atoms with Crippen LogP contribution in [-0.2, 0) is 7.05 Å². The zero-order chi connectivity index (χ0) is 18.8. The zero-order valence-corrected chi connectivity index (χ0v) is 17.4. The van der Waals surface area contributed by atoms with Gasteiger partial charge in [0.2, 0.25) is 0 Å². The molecule has 2 fully saturated rings. The minimum absolute atomic E-state index is 0.0194. The second-order valence-electron chi connectivity index (χ2n) is 7.76. The summed E-state index contributed by atoms with van der Waals surface area (Å²) in [5.41, 5.74) is 1.66. The molecular formula is C22H27BrN2O2. The lowest BCUT2D eigenvalue weighted by Crippen LogP contribution is -2.49. The number of aromatic nitrogens is 1. The summed E-state index contributed by atoms with van der Waals surface area (Å²) in [6, 6.07) is 12.4. The molecule has 144 valence electrons. The number of hydrogen-bond acceptors (Lipinski definition) is 3. The van der Waals surface area contributed by atoms with Crippen molar-refractivity contribution in [1.29, 1.82) is 0 Å². The van der Waals surface area contributed by atoms with Gasteiger partial charge in [0, 0.05) is 37.9 Å². The molecule has 2 aromatic rings. The predicted octanol–water partition coefficient (Wildman–Crippen LogP) is 4.21. The number of hydrogen-bond donors (Lipinski definition) is 0. The molecule has 0 bridgehead atoms. The Labute approximate surface area is 169 Å². The van der Waals surface area contributed by atoms with Gasteiger partial charge in [-0.05, 0) is 49.1 Å². The van der Waals surface area contributed by atoms with Gasteiger partial charge in [-0.15, -0.1) is 0 Å². The van der Waals surface area contributed by atoms with Crippen molar-refractivity contribution < 1.29 is 4.74 Å². The van der Waals surface area contributed by atoms with Gasteiger partial charge >= 0.3 is 0 Å². The van der Waals surface area contributed by atoms with Crippen LogP contribution >= 0.6 is 15.9 Å². The van der Waals surface area contributed by atoms with E-state index in [1.54, 1.807) is 17.8 Å². The van der Waals surface area contributed by atoms with Gasteiger partial charge in [-0.2, -0.15) is 0 Å². The standard InChI is InChI=1S/C22H27BrN2O2/c1-24-13-4-7-19(22(24)26)16-8-10-18(11-9-16)27-21-12-14-25(15-20(21)23)17-5-2-3-6-17/h4,7-11,13,17,20-21H,2-3,5-6,12,14-15H2,1H3. The van der Waals surface area contributed by atoms with Crippen molar-refractivity contribution in [3.63, 3.8) is 0 Å². The van der Waals surface area contributed by atoms with Crippen LogP contribution in [-0.4, -0.2) is 39.5 Å². The lowest BCUT2D eigenvalue weighted by Gasteiger charge is -2.39. The molecule has 2 atom stereocenters. The van der Waals surface area contributed by atoms with Crippen LogP contribution in [0.15, 0.2) is 47.4 Å². The average Bonchev–Trinajstić information content (AvgIpc) is 3.21. The van der Waals surface area contributed by atoms with Gasteiger partial charge in [0.15, 0.2) is 0 Å². The Balaban J connectivity index is 1.40. The molecule has 0 N–H and O–H groups in total. The lowest BCUT2D eigenvalue weighted by molar-refractivity contribution is 0.0847. The molecule has 1 saturated carbocycles. The molecule has 1 saturated heterocycles. The third kappa shape index (κ3) is 4.14. The summed E-state index contributed by atoms with van der Waals surface area (Å²) in [4.78, 5) is 15.3. The molecule has 27 heavy (non-hydrogen) atoms. The number of benzene rings is 1. The fraction of sp³-hybridized carbons (Fsp3) is 0.500. The van der Waals surface area contributed by atoms with Crippen molar-refractivity contribution in [2.24, 2.45) is 7.05 Å². The highest BCUT2D eigenvalue weighted by molar-refractivity contribution is 9.09. The topological polar surface area (TPSA) is 34.5 Å². The molecule has 2 heterocycles. The van der Waals surface area contributed by atoms with Crippen LogP contribution in [0.3, 0.4) is 0 Å².